The number of methoxy groups -OCH3 is 1. The summed E-state index contributed by atoms with van der Waals surface area (Å²) in [6.07, 6.45) is 0. The first kappa shape index (κ1) is 14.7. The fourth-order valence-electron chi connectivity index (χ4n) is 1.50. The minimum atomic E-state index is -0.428. The molecule has 18 heavy (non-hydrogen) atoms. The third kappa shape index (κ3) is 3.82. The van der Waals surface area contributed by atoms with Crippen LogP contribution >= 0.6 is 11.3 Å². The van der Waals surface area contributed by atoms with Gasteiger partial charge in [-0.2, -0.15) is 0 Å². The first-order chi connectivity index (χ1) is 8.62. The average molecular weight is 270 g/mol. The first-order valence-electron chi connectivity index (χ1n) is 5.80. The van der Waals surface area contributed by atoms with E-state index >= 15 is 0 Å². The second kappa shape index (κ2) is 7.13. The molecular weight excluding hydrogens is 252 g/mol. The van der Waals surface area contributed by atoms with Crippen molar-refractivity contribution in [2.75, 3.05) is 32.1 Å². The number of rotatable bonds is 6. The Labute approximate surface area is 111 Å². The number of nitrogens with zero attached hydrogens (tertiary/aromatic N) is 1. The van der Waals surface area contributed by atoms with E-state index in [0.717, 1.165) is 13.1 Å². The van der Waals surface area contributed by atoms with E-state index in [1.165, 1.54) is 18.4 Å². The van der Waals surface area contributed by atoms with Crippen LogP contribution in [-0.4, -0.2) is 43.5 Å². The van der Waals surface area contributed by atoms with Crippen molar-refractivity contribution in [2.45, 2.75) is 13.8 Å². The topological polar surface area (TPSA) is 58.6 Å². The highest BCUT2D eigenvalue weighted by atomic mass is 32.1. The van der Waals surface area contributed by atoms with Gasteiger partial charge in [-0.05, 0) is 24.5 Å². The molecule has 0 spiro atoms. The van der Waals surface area contributed by atoms with Crippen molar-refractivity contribution < 1.29 is 14.3 Å². The van der Waals surface area contributed by atoms with E-state index in [1.54, 1.807) is 11.4 Å². The number of thiophene rings is 1. The van der Waals surface area contributed by atoms with E-state index < -0.39 is 5.97 Å². The zero-order valence-electron chi connectivity index (χ0n) is 10.9. The van der Waals surface area contributed by atoms with Crippen LogP contribution < -0.4 is 5.32 Å². The maximum atomic E-state index is 11.8. The van der Waals surface area contributed by atoms with Crippen LogP contribution in [0.5, 0.6) is 0 Å². The molecule has 0 aromatic carbocycles. The zero-order chi connectivity index (χ0) is 13.5. The van der Waals surface area contributed by atoms with Gasteiger partial charge in [0.1, 0.15) is 4.88 Å². The van der Waals surface area contributed by atoms with Gasteiger partial charge in [0.2, 0.25) is 5.91 Å². The number of amides is 1. The van der Waals surface area contributed by atoms with Gasteiger partial charge in [0, 0.05) is 0 Å². The summed E-state index contributed by atoms with van der Waals surface area (Å²) in [5.74, 6) is -0.551. The Balaban J connectivity index is 2.65. The summed E-state index contributed by atoms with van der Waals surface area (Å²) in [4.78, 5) is 25.7. The number of likely N-dealkylation sites (N-methyl/N-ethyl adjacent to an activating group) is 1. The summed E-state index contributed by atoms with van der Waals surface area (Å²) in [6.45, 7) is 5.96. The van der Waals surface area contributed by atoms with E-state index in [0.29, 0.717) is 17.1 Å². The van der Waals surface area contributed by atoms with E-state index in [2.05, 4.69) is 10.1 Å². The molecule has 0 saturated heterocycles. The molecule has 5 nitrogen and oxygen atoms in total. The van der Waals surface area contributed by atoms with Gasteiger partial charge in [-0.1, -0.05) is 13.8 Å². The summed E-state index contributed by atoms with van der Waals surface area (Å²) in [5.41, 5.74) is 0.518. The molecule has 100 valence electrons. The second-order valence-electron chi connectivity index (χ2n) is 3.66. The van der Waals surface area contributed by atoms with Crippen molar-refractivity contribution in [3.8, 4) is 0 Å². The van der Waals surface area contributed by atoms with Crippen LogP contribution in [0.1, 0.15) is 23.5 Å². The SMILES string of the molecule is CCN(CC)CC(=O)Nc1ccsc1C(=O)OC. The fourth-order valence-corrected chi connectivity index (χ4v) is 2.26. The number of esters is 1. The molecule has 6 heteroatoms. The zero-order valence-corrected chi connectivity index (χ0v) is 11.7. The lowest BCUT2D eigenvalue weighted by Gasteiger charge is -2.17. The number of anilines is 1. The highest BCUT2D eigenvalue weighted by Crippen LogP contribution is 2.22. The molecule has 1 N–H and O–H groups in total. The van der Waals surface area contributed by atoms with Gasteiger partial charge >= 0.3 is 5.97 Å². The van der Waals surface area contributed by atoms with Crippen molar-refractivity contribution >= 4 is 28.9 Å². The number of nitrogens with one attached hydrogen (secondary N) is 1. The summed E-state index contributed by atoms with van der Waals surface area (Å²) >= 11 is 1.25. The normalized spacial score (nSPS) is 10.4. The van der Waals surface area contributed by atoms with Gasteiger partial charge in [0.25, 0.3) is 0 Å². The summed E-state index contributed by atoms with van der Waals surface area (Å²) < 4.78 is 4.65. The summed E-state index contributed by atoms with van der Waals surface area (Å²) in [5, 5.41) is 4.48. The van der Waals surface area contributed by atoms with Crippen LogP contribution in [0, 0.1) is 0 Å². The predicted octanol–water partition coefficient (Wildman–Crippen LogP) is 1.81. The molecule has 1 aromatic heterocycles. The van der Waals surface area contributed by atoms with Gasteiger partial charge in [0.05, 0.1) is 19.3 Å². The third-order valence-corrected chi connectivity index (χ3v) is 3.47. The Morgan fingerprint density at radius 3 is 2.61 bits per heavy atom. The van der Waals surface area contributed by atoms with Crippen LogP contribution in [0.2, 0.25) is 0 Å². The molecule has 0 fully saturated rings. The number of hydrogen-bond donors (Lipinski definition) is 1. The minimum Gasteiger partial charge on any atom is -0.465 e. The van der Waals surface area contributed by atoms with Gasteiger partial charge in [0.15, 0.2) is 0 Å². The lowest BCUT2D eigenvalue weighted by atomic mass is 10.3. The fraction of sp³-hybridized carbons (Fsp3) is 0.500. The van der Waals surface area contributed by atoms with Crippen molar-refractivity contribution in [3.63, 3.8) is 0 Å². The monoisotopic (exact) mass is 270 g/mol. The Kier molecular flexibility index (Phi) is 5.80. The maximum absolute atomic E-state index is 11.8. The quantitative estimate of drug-likeness (QED) is 0.801. The van der Waals surface area contributed by atoms with Gasteiger partial charge < -0.3 is 10.1 Å². The molecule has 0 aliphatic rings. The smallest absolute Gasteiger partial charge is 0.350 e. The number of ether oxygens (including phenoxy) is 1. The van der Waals surface area contributed by atoms with Crippen molar-refractivity contribution in [1.29, 1.82) is 0 Å². The first-order valence-corrected chi connectivity index (χ1v) is 6.68. The molecule has 0 bridgehead atoms. The predicted molar refractivity (Wildman–Crippen MR) is 72.1 cm³/mol. The lowest BCUT2D eigenvalue weighted by molar-refractivity contribution is -0.117. The summed E-state index contributed by atoms with van der Waals surface area (Å²) in [7, 11) is 1.32. The van der Waals surface area contributed by atoms with Gasteiger partial charge in [-0.25, -0.2) is 4.79 Å². The average Bonchev–Trinajstić information content (AvgIpc) is 2.82. The Morgan fingerprint density at radius 2 is 2.06 bits per heavy atom. The molecule has 0 aliphatic carbocycles. The van der Waals surface area contributed by atoms with E-state index in [-0.39, 0.29) is 5.91 Å². The Hall–Kier alpha value is -1.40. The maximum Gasteiger partial charge on any atom is 0.350 e. The molecule has 0 atom stereocenters. The molecule has 0 saturated carbocycles. The number of hydrogen-bond acceptors (Lipinski definition) is 5. The number of carbonyl (C=O) groups is 2. The highest BCUT2D eigenvalue weighted by molar-refractivity contribution is 7.12. The second-order valence-corrected chi connectivity index (χ2v) is 4.58. The van der Waals surface area contributed by atoms with Crippen LogP contribution in [-0.2, 0) is 9.53 Å². The van der Waals surface area contributed by atoms with Crippen molar-refractivity contribution in [1.82, 2.24) is 4.90 Å². The van der Waals surface area contributed by atoms with E-state index in [4.69, 9.17) is 0 Å². The Morgan fingerprint density at radius 1 is 1.39 bits per heavy atom. The van der Waals surface area contributed by atoms with Crippen LogP contribution in [0.4, 0.5) is 5.69 Å². The van der Waals surface area contributed by atoms with Gasteiger partial charge in [-0.3, -0.25) is 9.69 Å². The van der Waals surface area contributed by atoms with Crippen LogP contribution in [0.25, 0.3) is 0 Å². The van der Waals surface area contributed by atoms with Crippen LogP contribution in [0.3, 0.4) is 0 Å². The summed E-state index contributed by atoms with van der Waals surface area (Å²) in [6, 6.07) is 1.71. The van der Waals surface area contributed by atoms with Gasteiger partial charge in [-0.15, -0.1) is 11.3 Å². The van der Waals surface area contributed by atoms with Crippen molar-refractivity contribution in [2.24, 2.45) is 0 Å². The number of carbonyl (C=O) groups excluding carboxylic acids is 2. The molecule has 1 amide bonds. The lowest BCUT2D eigenvalue weighted by Crippen LogP contribution is -2.33. The van der Waals surface area contributed by atoms with Crippen molar-refractivity contribution in [3.05, 3.63) is 16.3 Å². The Bertz CT molecular complexity index is 413. The van der Waals surface area contributed by atoms with E-state index in [9.17, 15) is 9.59 Å². The highest BCUT2D eigenvalue weighted by Gasteiger charge is 2.16. The standard InChI is InChI=1S/C12H18N2O3S/c1-4-14(5-2)8-10(15)13-9-6-7-18-11(9)12(16)17-3/h6-7H,4-5,8H2,1-3H3,(H,13,15). The molecule has 0 unspecified atom stereocenters. The minimum absolute atomic E-state index is 0.123. The molecule has 1 aromatic rings. The third-order valence-electron chi connectivity index (χ3n) is 2.57. The molecule has 1 rings (SSSR count). The molecule has 1 heterocycles. The van der Waals surface area contributed by atoms with Crippen LogP contribution in [0.15, 0.2) is 11.4 Å². The molecule has 0 radical (unpaired) electrons. The molecule has 0 aliphatic heterocycles. The van der Waals surface area contributed by atoms with E-state index in [1.807, 2.05) is 18.7 Å². The largest absolute Gasteiger partial charge is 0.465 e. The molecular formula is C12H18N2O3S.